The van der Waals surface area contributed by atoms with Gasteiger partial charge in [-0.2, -0.15) is 8.42 Å². The summed E-state index contributed by atoms with van der Waals surface area (Å²) in [5.74, 6) is 0.139. The Bertz CT molecular complexity index is 464. The molecule has 0 radical (unpaired) electrons. The Labute approximate surface area is 99.3 Å². The monoisotopic (exact) mass is 262 g/mol. The number of Topliss-reactive ketones (excluding diaryl/α,β-unsaturated/α-hetero) is 1. The van der Waals surface area contributed by atoms with Crippen LogP contribution >= 0.6 is 11.6 Å². The van der Waals surface area contributed by atoms with E-state index in [0.717, 1.165) is 0 Å². The SMILES string of the molecule is CCC(=O)c1ccc(OS(=O)(=O)CCl)cc1. The molecule has 0 heterocycles. The number of halogens is 1. The molecule has 0 aliphatic rings. The first kappa shape index (κ1) is 13.0. The Morgan fingerprint density at radius 2 is 1.88 bits per heavy atom. The summed E-state index contributed by atoms with van der Waals surface area (Å²) < 4.78 is 26.7. The fourth-order valence-corrected chi connectivity index (χ4v) is 1.65. The largest absolute Gasteiger partial charge is 0.382 e. The molecule has 16 heavy (non-hydrogen) atoms. The van der Waals surface area contributed by atoms with E-state index < -0.39 is 15.3 Å². The first-order valence-electron chi connectivity index (χ1n) is 4.60. The van der Waals surface area contributed by atoms with Crippen molar-refractivity contribution in [2.24, 2.45) is 0 Å². The number of carbonyl (C=O) groups excluding carboxylic acids is 1. The minimum Gasteiger partial charge on any atom is -0.382 e. The van der Waals surface area contributed by atoms with Crippen LogP contribution in [0.3, 0.4) is 0 Å². The minimum absolute atomic E-state index is 0.00764. The fourth-order valence-electron chi connectivity index (χ4n) is 1.07. The zero-order valence-electron chi connectivity index (χ0n) is 8.64. The summed E-state index contributed by atoms with van der Waals surface area (Å²) in [5.41, 5.74) is 0.526. The van der Waals surface area contributed by atoms with Crippen molar-refractivity contribution >= 4 is 27.5 Å². The summed E-state index contributed by atoms with van der Waals surface area (Å²) in [6.07, 6.45) is 0.403. The standard InChI is InChI=1S/C10H11ClO4S/c1-2-10(12)8-3-5-9(6-4-8)15-16(13,14)7-11/h3-6H,2,7H2,1H3. The molecule has 0 aliphatic carbocycles. The average Bonchev–Trinajstić information content (AvgIpc) is 2.28. The Balaban J connectivity index is 2.84. The number of alkyl halides is 1. The normalized spacial score (nSPS) is 11.1. The molecule has 0 atom stereocenters. The highest BCUT2D eigenvalue weighted by atomic mass is 35.5. The number of ketones is 1. The molecule has 0 saturated heterocycles. The molecule has 88 valence electrons. The Morgan fingerprint density at radius 3 is 2.31 bits per heavy atom. The van der Waals surface area contributed by atoms with Crippen LogP contribution in [0.2, 0.25) is 0 Å². The van der Waals surface area contributed by atoms with Crippen molar-refractivity contribution in [1.82, 2.24) is 0 Å². The number of hydrogen-bond donors (Lipinski definition) is 0. The van der Waals surface area contributed by atoms with E-state index in [1.165, 1.54) is 24.3 Å². The summed E-state index contributed by atoms with van der Waals surface area (Å²) in [6.45, 7) is 1.75. The van der Waals surface area contributed by atoms with Gasteiger partial charge < -0.3 is 4.18 Å². The van der Waals surface area contributed by atoms with Crippen molar-refractivity contribution in [3.05, 3.63) is 29.8 Å². The van der Waals surface area contributed by atoms with Crippen molar-refractivity contribution < 1.29 is 17.4 Å². The van der Waals surface area contributed by atoms with Crippen LogP contribution in [0.25, 0.3) is 0 Å². The molecule has 0 bridgehead atoms. The minimum atomic E-state index is -3.73. The molecule has 0 N–H and O–H groups in total. The van der Waals surface area contributed by atoms with Crippen molar-refractivity contribution in [2.75, 3.05) is 5.21 Å². The van der Waals surface area contributed by atoms with Crippen LogP contribution in [0, 0.1) is 0 Å². The van der Waals surface area contributed by atoms with Crippen LogP contribution < -0.4 is 4.18 Å². The molecule has 0 saturated carbocycles. The van der Waals surface area contributed by atoms with Gasteiger partial charge in [0.25, 0.3) is 0 Å². The highest BCUT2D eigenvalue weighted by Crippen LogP contribution is 2.15. The van der Waals surface area contributed by atoms with Crippen molar-refractivity contribution in [3.8, 4) is 5.75 Å². The maximum absolute atomic E-state index is 11.3. The second kappa shape index (κ2) is 5.32. The zero-order chi connectivity index (χ0) is 12.2. The highest BCUT2D eigenvalue weighted by molar-refractivity contribution is 7.88. The van der Waals surface area contributed by atoms with Crippen LogP contribution in [0.5, 0.6) is 5.75 Å². The Hall–Kier alpha value is -1.07. The van der Waals surface area contributed by atoms with Crippen molar-refractivity contribution in [1.29, 1.82) is 0 Å². The van der Waals surface area contributed by atoms with Gasteiger partial charge in [0.2, 0.25) is 0 Å². The second-order valence-electron chi connectivity index (χ2n) is 3.05. The van der Waals surface area contributed by atoms with Gasteiger partial charge in [-0.1, -0.05) is 6.92 Å². The van der Waals surface area contributed by atoms with Crippen LogP contribution in [0.1, 0.15) is 23.7 Å². The topological polar surface area (TPSA) is 60.4 Å². The molecule has 0 aromatic heterocycles. The third kappa shape index (κ3) is 3.50. The van der Waals surface area contributed by atoms with E-state index >= 15 is 0 Å². The summed E-state index contributed by atoms with van der Waals surface area (Å²) in [6, 6.07) is 5.88. The van der Waals surface area contributed by atoms with Crippen LogP contribution in [0.4, 0.5) is 0 Å². The molecule has 4 nitrogen and oxygen atoms in total. The van der Waals surface area contributed by atoms with Crippen LogP contribution in [-0.4, -0.2) is 19.4 Å². The molecule has 0 spiro atoms. The third-order valence-electron chi connectivity index (χ3n) is 1.85. The molecule has 0 unspecified atom stereocenters. The highest BCUT2D eigenvalue weighted by Gasteiger charge is 2.11. The zero-order valence-corrected chi connectivity index (χ0v) is 10.2. The van der Waals surface area contributed by atoms with Crippen molar-refractivity contribution in [3.63, 3.8) is 0 Å². The van der Waals surface area contributed by atoms with Gasteiger partial charge in [0.05, 0.1) is 0 Å². The maximum Gasteiger partial charge on any atom is 0.323 e. The molecule has 0 aliphatic heterocycles. The molecule has 6 heteroatoms. The number of hydrogen-bond acceptors (Lipinski definition) is 4. The molecule has 0 amide bonds. The van der Waals surface area contributed by atoms with E-state index in [9.17, 15) is 13.2 Å². The van der Waals surface area contributed by atoms with Gasteiger partial charge in [-0.15, -0.1) is 11.6 Å². The Morgan fingerprint density at radius 1 is 1.31 bits per heavy atom. The molecule has 0 fully saturated rings. The van der Waals surface area contributed by atoms with Crippen molar-refractivity contribution in [2.45, 2.75) is 13.3 Å². The van der Waals surface area contributed by atoms with Gasteiger partial charge in [-0.3, -0.25) is 4.79 Å². The lowest BCUT2D eigenvalue weighted by molar-refractivity contribution is 0.0988. The van der Waals surface area contributed by atoms with Gasteiger partial charge in [0.1, 0.15) is 5.75 Å². The van der Waals surface area contributed by atoms with E-state index in [-0.39, 0.29) is 11.5 Å². The number of benzene rings is 1. The first-order chi connectivity index (χ1) is 7.48. The van der Waals surface area contributed by atoms with Gasteiger partial charge >= 0.3 is 10.1 Å². The van der Waals surface area contributed by atoms with Gasteiger partial charge in [0.15, 0.2) is 11.0 Å². The molecule has 1 aromatic carbocycles. The molecular weight excluding hydrogens is 252 g/mol. The molecule has 1 rings (SSSR count). The summed E-state index contributed by atoms with van der Waals surface area (Å²) in [4.78, 5) is 11.3. The van der Waals surface area contributed by atoms with E-state index in [1.807, 2.05) is 0 Å². The smallest absolute Gasteiger partial charge is 0.323 e. The first-order valence-corrected chi connectivity index (χ1v) is 6.71. The van der Waals surface area contributed by atoms with Gasteiger partial charge in [-0.05, 0) is 24.3 Å². The predicted octanol–water partition coefficient (Wildman–Crippen LogP) is 2.18. The fraction of sp³-hybridized carbons (Fsp3) is 0.300. The lowest BCUT2D eigenvalue weighted by atomic mass is 10.1. The summed E-state index contributed by atoms with van der Waals surface area (Å²) in [7, 11) is -3.73. The van der Waals surface area contributed by atoms with Crippen LogP contribution in [-0.2, 0) is 10.1 Å². The maximum atomic E-state index is 11.3. The van der Waals surface area contributed by atoms with Gasteiger partial charge in [0, 0.05) is 12.0 Å². The second-order valence-corrected chi connectivity index (χ2v) is 5.21. The predicted molar refractivity (Wildman–Crippen MR) is 61.3 cm³/mol. The quantitative estimate of drug-likeness (QED) is 0.464. The summed E-state index contributed by atoms with van der Waals surface area (Å²) in [5, 5.41) is -0.608. The lowest BCUT2D eigenvalue weighted by Crippen LogP contribution is -2.10. The van der Waals surface area contributed by atoms with E-state index in [4.69, 9.17) is 11.6 Å². The van der Waals surface area contributed by atoms with Gasteiger partial charge in [-0.25, -0.2) is 0 Å². The molecule has 1 aromatic rings. The lowest BCUT2D eigenvalue weighted by Gasteiger charge is -2.04. The summed E-state index contributed by atoms with van der Waals surface area (Å²) >= 11 is 5.18. The van der Waals surface area contributed by atoms with E-state index in [1.54, 1.807) is 6.92 Å². The van der Waals surface area contributed by atoms with E-state index in [0.29, 0.717) is 12.0 Å². The van der Waals surface area contributed by atoms with Crippen LogP contribution in [0.15, 0.2) is 24.3 Å². The molecular formula is C10H11ClO4S. The third-order valence-corrected chi connectivity index (χ3v) is 3.37. The Kier molecular flexibility index (Phi) is 4.32. The van der Waals surface area contributed by atoms with E-state index in [2.05, 4.69) is 4.18 Å². The number of rotatable bonds is 5. The average molecular weight is 263 g/mol. The number of carbonyl (C=O) groups is 1.